The third-order valence-corrected chi connectivity index (χ3v) is 4.65. The third kappa shape index (κ3) is 4.17. The molecule has 142 valence electrons. The zero-order valence-corrected chi connectivity index (χ0v) is 14.6. The maximum Gasteiger partial charge on any atom is 0.328 e. The van der Waals surface area contributed by atoms with Gasteiger partial charge in [-0.15, -0.1) is 0 Å². The van der Waals surface area contributed by atoms with Crippen LogP contribution < -0.4 is 5.73 Å². The first-order valence-electron chi connectivity index (χ1n) is 8.70. The molecule has 3 aromatic rings. The van der Waals surface area contributed by atoms with Crippen molar-refractivity contribution in [1.29, 1.82) is 0 Å². The Morgan fingerprint density at radius 2 is 1.85 bits per heavy atom. The van der Waals surface area contributed by atoms with E-state index >= 15 is 0 Å². The molecule has 2 unspecified atom stereocenters. The van der Waals surface area contributed by atoms with Gasteiger partial charge in [0.25, 0.3) is 0 Å². The lowest BCUT2D eigenvalue weighted by Crippen LogP contribution is -2.35. The maximum absolute atomic E-state index is 9.55. The highest BCUT2D eigenvalue weighted by atomic mass is 16.4. The Kier molecular flexibility index (Phi) is 5.56. The number of hydrogen-bond acceptors (Lipinski definition) is 5. The zero-order valence-electron chi connectivity index (χ0n) is 14.6. The molecule has 0 spiro atoms. The molecule has 1 fully saturated rings. The normalized spacial score (nSPS) is 19.9. The van der Waals surface area contributed by atoms with Crippen LogP contribution in [0.25, 0.3) is 21.9 Å². The summed E-state index contributed by atoms with van der Waals surface area (Å²) in [6.45, 7) is 0. The topological polar surface area (TPSA) is 132 Å². The molecule has 4 rings (SSSR count). The van der Waals surface area contributed by atoms with Gasteiger partial charge in [-0.1, -0.05) is 12.8 Å². The summed E-state index contributed by atoms with van der Waals surface area (Å²) in [4.78, 5) is 19.1. The number of carbonyl (C=O) groups is 2. The van der Waals surface area contributed by atoms with Crippen molar-refractivity contribution >= 4 is 33.8 Å². The van der Waals surface area contributed by atoms with Crippen molar-refractivity contribution < 1.29 is 24.2 Å². The fourth-order valence-electron chi connectivity index (χ4n) is 3.43. The van der Waals surface area contributed by atoms with Crippen LogP contribution in [0.3, 0.4) is 0 Å². The summed E-state index contributed by atoms with van der Waals surface area (Å²) in [5.74, 6) is -2.51. The molecule has 0 saturated heterocycles. The van der Waals surface area contributed by atoms with Crippen molar-refractivity contribution in [2.75, 3.05) is 0 Å². The van der Waals surface area contributed by atoms with E-state index in [2.05, 4.69) is 15.8 Å². The number of carboxylic acid groups (broad SMARTS) is 2. The largest absolute Gasteiger partial charge is 0.478 e. The number of nitrogens with two attached hydrogens (primary N) is 1. The lowest BCUT2D eigenvalue weighted by molar-refractivity contribution is -0.134. The van der Waals surface area contributed by atoms with Gasteiger partial charge < -0.3 is 20.4 Å². The molecule has 27 heavy (non-hydrogen) atoms. The van der Waals surface area contributed by atoms with Crippen LogP contribution >= 0.6 is 0 Å². The summed E-state index contributed by atoms with van der Waals surface area (Å²) >= 11 is 0. The van der Waals surface area contributed by atoms with Gasteiger partial charge in [-0.25, -0.2) is 9.59 Å². The molecule has 1 aliphatic rings. The van der Waals surface area contributed by atoms with E-state index < -0.39 is 11.9 Å². The van der Waals surface area contributed by atoms with E-state index in [1.165, 1.54) is 12.8 Å². The molecule has 2 atom stereocenters. The van der Waals surface area contributed by atoms with Crippen LogP contribution in [-0.2, 0) is 9.59 Å². The Balaban J connectivity index is 0.000000226. The minimum Gasteiger partial charge on any atom is -0.478 e. The summed E-state index contributed by atoms with van der Waals surface area (Å²) in [6, 6.07) is 6.61. The molecule has 8 heteroatoms. The van der Waals surface area contributed by atoms with Crippen molar-refractivity contribution in [3.05, 3.63) is 42.8 Å². The van der Waals surface area contributed by atoms with Crippen LogP contribution in [0, 0.1) is 0 Å². The number of benzene rings is 1. The van der Waals surface area contributed by atoms with Crippen molar-refractivity contribution in [1.82, 2.24) is 9.78 Å². The molecular formula is C19H21N3O5. The van der Waals surface area contributed by atoms with E-state index in [1.54, 1.807) is 6.26 Å². The molecule has 0 radical (unpaired) electrons. The number of carboxylic acids is 2. The lowest BCUT2D eigenvalue weighted by atomic mass is 9.91. The van der Waals surface area contributed by atoms with Gasteiger partial charge in [-0.2, -0.15) is 5.10 Å². The maximum atomic E-state index is 9.55. The highest BCUT2D eigenvalue weighted by Gasteiger charge is 2.26. The lowest BCUT2D eigenvalue weighted by Gasteiger charge is -2.29. The highest BCUT2D eigenvalue weighted by molar-refractivity contribution is 6.03. The number of nitrogens with zero attached hydrogens (tertiary/aromatic N) is 2. The second-order valence-corrected chi connectivity index (χ2v) is 6.45. The standard InChI is InChI=1S/C15H17N3O.C4H4O4/c16-12-3-1-2-4-13(12)18-15-10(9-17-18)5-6-14-11(15)7-8-19-14;5-3(6)1-2-4(7)8/h5-9,12-13H,1-4,16H2;1-2H,(H,5,6)(H,7,8). The Morgan fingerprint density at radius 1 is 1.15 bits per heavy atom. The average molecular weight is 371 g/mol. The Bertz CT molecular complexity index is 972. The van der Waals surface area contributed by atoms with Crippen LogP contribution in [0.15, 0.2) is 47.2 Å². The summed E-state index contributed by atoms with van der Waals surface area (Å²) < 4.78 is 7.61. The molecule has 8 nitrogen and oxygen atoms in total. The van der Waals surface area contributed by atoms with E-state index in [0.717, 1.165) is 34.7 Å². The molecule has 2 aromatic heterocycles. The molecular weight excluding hydrogens is 350 g/mol. The van der Waals surface area contributed by atoms with Crippen molar-refractivity contribution in [3.8, 4) is 0 Å². The van der Waals surface area contributed by atoms with Crippen LogP contribution in [0.5, 0.6) is 0 Å². The van der Waals surface area contributed by atoms with E-state index in [9.17, 15) is 9.59 Å². The van der Waals surface area contributed by atoms with Gasteiger partial charge >= 0.3 is 11.9 Å². The fourth-order valence-corrected chi connectivity index (χ4v) is 3.43. The van der Waals surface area contributed by atoms with Gasteiger partial charge in [0, 0.05) is 29.0 Å². The number of aliphatic carboxylic acids is 2. The quantitative estimate of drug-likeness (QED) is 0.603. The summed E-state index contributed by atoms with van der Waals surface area (Å²) in [7, 11) is 0. The predicted octanol–water partition coefficient (Wildman–Crippen LogP) is 2.94. The summed E-state index contributed by atoms with van der Waals surface area (Å²) in [6.07, 6.45) is 9.47. The minimum atomic E-state index is -1.26. The van der Waals surface area contributed by atoms with E-state index in [1.807, 2.05) is 18.3 Å². The number of furan rings is 1. The number of rotatable bonds is 3. The number of aromatic nitrogens is 2. The van der Waals surface area contributed by atoms with Gasteiger partial charge in [0.2, 0.25) is 0 Å². The van der Waals surface area contributed by atoms with Gasteiger partial charge in [0.1, 0.15) is 5.58 Å². The molecule has 1 aromatic carbocycles. The van der Waals surface area contributed by atoms with Gasteiger partial charge in [-0.05, 0) is 31.0 Å². The van der Waals surface area contributed by atoms with E-state index in [0.29, 0.717) is 18.2 Å². The van der Waals surface area contributed by atoms with E-state index in [4.69, 9.17) is 20.4 Å². The second-order valence-electron chi connectivity index (χ2n) is 6.45. The summed E-state index contributed by atoms with van der Waals surface area (Å²) in [5, 5.41) is 22.5. The van der Waals surface area contributed by atoms with Gasteiger partial charge in [0.15, 0.2) is 0 Å². The Hall–Kier alpha value is -3.13. The van der Waals surface area contributed by atoms with Crippen LogP contribution in [0.4, 0.5) is 0 Å². The van der Waals surface area contributed by atoms with E-state index in [-0.39, 0.29) is 6.04 Å². The third-order valence-electron chi connectivity index (χ3n) is 4.65. The molecule has 1 aliphatic carbocycles. The summed E-state index contributed by atoms with van der Waals surface area (Å²) in [5.41, 5.74) is 8.37. The van der Waals surface area contributed by atoms with Crippen LogP contribution in [0.2, 0.25) is 0 Å². The average Bonchev–Trinajstić information content (AvgIpc) is 3.27. The molecule has 2 heterocycles. The number of hydrogen-bond donors (Lipinski definition) is 3. The highest BCUT2D eigenvalue weighted by Crippen LogP contribution is 2.33. The van der Waals surface area contributed by atoms with Crippen molar-refractivity contribution in [3.63, 3.8) is 0 Å². The van der Waals surface area contributed by atoms with Crippen LogP contribution in [-0.4, -0.2) is 38.0 Å². The monoisotopic (exact) mass is 371 g/mol. The molecule has 4 N–H and O–H groups in total. The van der Waals surface area contributed by atoms with Crippen molar-refractivity contribution in [2.24, 2.45) is 5.73 Å². The Morgan fingerprint density at radius 3 is 2.52 bits per heavy atom. The second kappa shape index (κ2) is 8.05. The Labute approximate surface area is 154 Å². The first kappa shape index (κ1) is 18.7. The molecule has 0 amide bonds. The van der Waals surface area contributed by atoms with Crippen molar-refractivity contribution in [2.45, 2.75) is 37.8 Å². The smallest absolute Gasteiger partial charge is 0.328 e. The minimum absolute atomic E-state index is 0.207. The SMILES string of the molecule is NC1CCCCC1n1ncc2ccc3occc3c21.O=C(O)C=CC(=O)O. The van der Waals surface area contributed by atoms with Crippen LogP contribution in [0.1, 0.15) is 31.7 Å². The number of fused-ring (bicyclic) bond motifs is 3. The first-order chi connectivity index (χ1) is 13.0. The molecule has 1 saturated carbocycles. The van der Waals surface area contributed by atoms with Gasteiger partial charge in [0.05, 0.1) is 24.0 Å². The predicted molar refractivity (Wildman–Crippen MR) is 99.4 cm³/mol. The molecule has 0 aliphatic heterocycles. The zero-order chi connectivity index (χ0) is 19.4. The molecule has 0 bridgehead atoms. The van der Waals surface area contributed by atoms with Gasteiger partial charge in [-0.3, -0.25) is 4.68 Å². The fraction of sp³-hybridized carbons (Fsp3) is 0.316. The first-order valence-corrected chi connectivity index (χ1v) is 8.70.